The molecule has 0 amide bonds. The maximum absolute atomic E-state index is 6.36. The van der Waals surface area contributed by atoms with Crippen molar-refractivity contribution in [1.82, 2.24) is 0 Å². The fourth-order valence-corrected chi connectivity index (χ4v) is 4.94. The van der Waals surface area contributed by atoms with Crippen LogP contribution in [-0.2, 0) is 0 Å². The van der Waals surface area contributed by atoms with Gasteiger partial charge in [-0.25, -0.2) is 0 Å². The molecule has 0 N–H and O–H groups in total. The lowest BCUT2D eigenvalue weighted by Gasteiger charge is -2.35. The Balaban J connectivity index is 1.90. The van der Waals surface area contributed by atoms with E-state index in [4.69, 9.17) is 4.43 Å². The quantitative estimate of drug-likeness (QED) is 0.536. The first-order valence-electron chi connectivity index (χ1n) is 8.86. The zero-order chi connectivity index (χ0) is 17.7. The van der Waals surface area contributed by atoms with Crippen LogP contribution in [0.25, 0.3) is 0 Å². The van der Waals surface area contributed by atoms with Crippen molar-refractivity contribution in [3.63, 3.8) is 0 Å². The van der Waals surface area contributed by atoms with Crippen molar-refractivity contribution < 1.29 is 4.43 Å². The average Bonchev–Trinajstić information content (AvgIpc) is 2.63. The third kappa shape index (κ3) is 4.20. The molecule has 0 aliphatic heterocycles. The van der Waals surface area contributed by atoms with E-state index in [0.29, 0.717) is 5.92 Å². The van der Waals surface area contributed by atoms with Gasteiger partial charge in [0.1, 0.15) is 5.75 Å². The van der Waals surface area contributed by atoms with Crippen molar-refractivity contribution in [3.8, 4) is 5.75 Å². The van der Waals surface area contributed by atoms with Crippen molar-refractivity contribution in [2.45, 2.75) is 31.7 Å². The summed E-state index contributed by atoms with van der Waals surface area (Å²) in [5.41, 5.74) is 3.93. The number of rotatable bonds is 6. The van der Waals surface area contributed by atoms with Crippen LogP contribution in [0.5, 0.6) is 5.75 Å². The minimum atomic E-state index is -0.815. The second-order valence-electron chi connectivity index (χ2n) is 7.30. The zero-order valence-corrected chi connectivity index (χ0v) is 16.7. The van der Waals surface area contributed by atoms with Gasteiger partial charge < -0.3 is 4.43 Å². The standard InChI is InChI=1S/C23H26OSi/c1-18-12-10-11-17-21(18)24-25-23(2,3)22(19-13-6-4-7-14-19)20-15-8-5-9-16-20/h4-17,22H,25H2,1-3H3. The van der Waals surface area contributed by atoms with E-state index in [1.165, 1.54) is 16.7 Å². The van der Waals surface area contributed by atoms with Gasteiger partial charge in [-0.1, -0.05) is 92.7 Å². The Morgan fingerprint density at radius 3 is 1.72 bits per heavy atom. The maximum Gasteiger partial charge on any atom is 0.226 e. The molecular formula is C23H26OSi. The second-order valence-corrected chi connectivity index (χ2v) is 9.70. The Kier molecular flexibility index (Phi) is 5.39. The van der Waals surface area contributed by atoms with E-state index in [1.807, 2.05) is 0 Å². The summed E-state index contributed by atoms with van der Waals surface area (Å²) >= 11 is 0. The predicted octanol–water partition coefficient (Wildman–Crippen LogP) is 5.49. The van der Waals surface area contributed by atoms with Crippen LogP contribution in [0.1, 0.15) is 36.5 Å². The third-order valence-electron chi connectivity index (χ3n) is 4.74. The monoisotopic (exact) mass is 346 g/mol. The molecule has 128 valence electrons. The molecule has 25 heavy (non-hydrogen) atoms. The normalized spacial score (nSPS) is 12.0. The molecule has 0 atom stereocenters. The molecule has 0 heterocycles. The topological polar surface area (TPSA) is 9.23 Å². The summed E-state index contributed by atoms with van der Waals surface area (Å²) < 4.78 is 6.36. The molecule has 0 radical (unpaired) electrons. The first kappa shape index (κ1) is 17.5. The van der Waals surface area contributed by atoms with Gasteiger partial charge in [-0.3, -0.25) is 0 Å². The fraction of sp³-hybridized carbons (Fsp3) is 0.217. The highest BCUT2D eigenvalue weighted by Gasteiger charge is 2.33. The van der Waals surface area contributed by atoms with Crippen LogP contribution >= 0.6 is 0 Å². The van der Waals surface area contributed by atoms with Crippen LogP contribution in [0, 0.1) is 6.92 Å². The van der Waals surface area contributed by atoms with Gasteiger partial charge in [0.05, 0.1) is 0 Å². The van der Waals surface area contributed by atoms with Gasteiger partial charge in [-0.05, 0) is 34.7 Å². The molecule has 2 heteroatoms. The first-order chi connectivity index (χ1) is 12.1. The number of hydrogen-bond acceptors (Lipinski definition) is 1. The summed E-state index contributed by atoms with van der Waals surface area (Å²) in [6.45, 7) is 6.81. The van der Waals surface area contributed by atoms with Crippen LogP contribution in [0.3, 0.4) is 0 Å². The third-order valence-corrected chi connectivity index (χ3v) is 6.35. The number of aryl methyl sites for hydroxylation is 1. The minimum Gasteiger partial charge on any atom is -0.549 e. The molecule has 0 spiro atoms. The smallest absolute Gasteiger partial charge is 0.226 e. The van der Waals surface area contributed by atoms with Crippen molar-refractivity contribution in [1.29, 1.82) is 0 Å². The summed E-state index contributed by atoms with van der Waals surface area (Å²) in [5, 5.41) is 0.0883. The van der Waals surface area contributed by atoms with E-state index < -0.39 is 9.76 Å². The minimum absolute atomic E-state index is 0.0883. The Morgan fingerprint density at radius 2 is 1.20 bits per heavy atom. The summed E-state index contributed by atoms with van der Waals surface area (Å²) in [5.74, 6) is 1.37. The molecule has 0 aromatic heterocycles. The van der Waals surface area contributed by atoms with Crippen molar-refractivity contribution in [3.05, 3.63) is 102 Å². The van der Waals surface area contributed by atoms with Gasteiger partial charge in [-0.2, -0.15) is 0 Å². The lowest BCUT2D eigenvalue weighted by molar-refractivity contribution is 0.490. The van der Waals surface area contributed by atoms with Gasteiger partial charge >= 0.3 is 0 Å². The highest BCUT2D eigenvalue weighted by atomic mass is 28.2. The number of benzene rings is 3. The van der Waals surface area contributed by atoms with Crippen LogP contribution < -0.4 is 4.43 Å². The predicted molar refractivity (Wildman–Crippen MR) is 109 cm³/mol. The molecule has 3 aromatic rings. The summed E-state index contributed by atoms with van der Waals surface area (Å²) in [7, 11) is -0.815. The van der Waals surface area contributed by atoms with E-state index >= 15 is 0 Å². The summed E-state index contributed by atoms with van der Waals surface area (Å²) in [6.07, 6.45) is 0. The highest BCUT2D eigenvalue weighted by molar-refractivity contribution is 6.33. The van der Waals surface area contributed by atoms with E-state index in [9.17, 15) is 0 Å². The van der Waals surface area contributed by atoms with E-state index in [0.717, 1.165) is 5.75 Å². The average molecular weight is 347 g/mol. The highest BCUT2D eigenvalue weighted by Crippen LogP contribution is 2.45. The SMILES string of the molecule is Cc1ccccc1O[SiH2]C(C)(C)C(c1ccccc1)c1ccccc1. The van der Waals surface area contributed by atoms with Crippen LogP contribution in [0.15, 0.2) is 84.9 Å². The van der Waals surface area contributed by atoms with E-state index in [2.05, 4.69) is 106 Å². The van der Waals surface area contributed by atoms with Crippen LogP contribution in [-0.4, -0.2) is 9.76 Å². The van der Waals surface area contributed by atoms with Crippen LogP contribution in [0.2, 0.25) is 5.04 Å². The molecule has 3 rings (SSSR count). The van der Waals surface area contributed by atoms with Crippen molar-refractivity contribution in [2.75, 3.05) is 0 Å². The molecule has 1 nitrogen and oxygen atoms in total. The Labute approximate surface area is 153 Å². The Bertz CT molecular complexity index is 757. The number of para-hydroxylation sites is 1. The Morgan fingerprint density at radius 1 is 0.720 bits per heavy atom. The van der Waals surface area contributed by atoms with Crippen molar-refractivity contribution >= 4 is 9.76 Å². The van der Waals surface area contributed by atoms with Crippen molar-refractivity contribution in [2.24, 2.45) is 0 Å². The van der Waals surface area contributed by atoms with Gasteiger partial charge in [0, 0.05) is 5.92 Å². The molecule has 0 unspecified atom stereocenters. The molecule has 0 fully saturated rings. The summed E-state index contributed by atoms with van der Waals surface area (Å²) in [6, 6.07) is 29.9. The first-order valence-corrected chi connectivity index (χ1v) is 10.1. The molecular weight excluding hydrogens is 320 g/mol. The molecule has 0 saturated carbocycles. The van der Waals surface area contributed by atoms with Crippen LogP contribution in [0.4, 0.5) is 0 Å². The number of hydrogen-bond donors (Lipinski definition) is 0. The van der Waals surface area contributed by atoms with Gasteiger partial charge in [0.25, 0.3) is 0 Å². The Hall–Kier alpha value is -2.32. The van der Waals surface area contributed by atoms with Gasteiger partial charge in [-0.15, -0.1) is 0 Å². The second kappa shape index (κ2) is 7.71. The van der Waals surface area contributed by atoms with Gasteiger partial charge in [0.2, 0.25) is 9.76 Å². The lowest BCUT2D eigenvalue weighted by atomic mass is 9.82. The lowest BCUT2D eigenvalue weighted by Crippen LogP contribution is -2.27. The fourth-order valence-electron chi connectivity index (χ4n) is 3.45. The maximum atomic E-state index is 6.36. The molecule has 0 saturated heterocycles. The van der Waals surface area contributed by atoms with E-state index in [1.54, 1.807) is 0 Å². The summed E-state index contributed by atoms with van der Waals surface area (Å²) in [4.78, 5) is 0. The van der Waals surface area contributed by atoms with E-state index in [-0.39, 0.29) is 5.04 Å². The molecule has 3 aromatic carbocycles. The molecule has 0 bridgehead atoms. The molecule has 0 aliphatic rings. The zero-order valence-electron chi connectivity index (χ0n) is 15.3. The molecule has 0 aliphatic carbocycles. The largest absolute Gasteiger partial charge is 0.549 e. The van der Waals surface area contributed by atoms with Gasteiger partial charge in [0.15, 0.2) is 0 Å².